The van der Waals surface area contributed by atoms with Gasteiger partial charge in [0.1, 0.15) is 11.5 Å². The molecule has 46 heavy (non-hydrogen) atoms. The Labute approximate surface area is 267 Å². The molecule has 0 radical (unpaired) electrons. The van der Waals surface area contributed by atoms with E-state index in [0.717, 1.165) is 17.1 Å². The molecular formula is C45H26O. The molecule has 8 aromatic carbocycles. The number of ether oxygens (including phenoxy) is 1. The minimum Gasteiger partial charge on any atom is -0.456 e. The first kappa shape index (κ1) is 24.4. The minimum absolute atomic E-state index is 0.371. The van der Waals surface area contributed by atoms with E-state index in [1.807, 2.05) is 0 Å². The molecule has 1 heterocycles. The molecule has 2 aliphatic carbocycles. The zero-order valence-electron chi connectivity index (χ0n) is 24.9. The van der Waals surface area contributed by atoms with Gasteiger partial charge in [-0.25, -0.2) is 0 Å². The molecule has 11 rings (SSSR count). The summed E-state index contributed by atoms with van der Waals surface area (Å²) in [7, 11) is 0. The Morgan fingerprint density at radius 2 is 1.00 bits per heavy atom. The Morgan fingerprint density at radius 3 is 1.91 bits per heavy atom. The number of hydrogen-bond acceptors (Lipinski definition) is 1. The maximum absolute atomic E-state index is 6.55. The molecule has 8 aromatic rings. The average Bonchev–Trinajstić information content (AvgIpc) is 3.59. The maximum Gasteiger partial charge on any atom is 0.135 e. The lowest BCUT2D eigenvalue weighted by Gasteiger charge is -2.30. The Balaban J connectivity index is 1.20. The molecule has 0 N–H and O–H groups in total. The molecule has 212 valence electrons. The first-order valence-electron chi connectivity index (χ1n) is 16.0. The van der Waals surface area contributed by atoms with Gasteiger partial charge in [0.05, 0.1) is 5.41 Å². The van der Waals surface area contributed by atoms with Crippen molar-refractivity contribution in [3.05, 3.63) is 180 Å². The Bertz CT molecular complexity index is 2620. The molecule has 0 bridgehead atoms. The van der Waals surface area contributed by atoms with Gasteiger partial charge in [-0.15, -0.1) is 0 Å². The lowest BCUT2D eigenvalue weighted by Crippen LogP contribution is -2.25. The summed E-state index contributed by atoms with van der Waals surface area (Å²) in [6, 6.07) is 58.2. The summed E-state index contributed by atoms with van der Waals surface area (Å²) in [5.74, 6) is 1.83. The third kappa shape index (κ3) is 2.87. The summed E-state index contributed by atoms with van der Waals surface area (Å²) in [4.78, 5) is 0. The number of benzene rings is 8. The van der Waals surface area contributed by atoms with Crippen molar-refractivity contribution in [3.8, 4) is 56.0 Å². The predicted octanol–water partition coefficient (Wildman–Crippen LogP) is 11.8. The Kier molecular flexibility index (Phi) is 4.57. The predicted molar refractivity (Wildman–Crippen MR) is 189 cm³/mol. The van der Waals surface area contributed by atoms with Crippen LogP contribution in [0.4, 0.5) is 0 Å². The minimum atomic E-state index is -0.371. The lowest BCUT2D eigenvalue weighted by molar-refractivity contribution is 0.487. The highest BCUT2D eigenvalue weighted by atomic mass is 16.5. The van der Waals surface area contributed by atoms with Crippen LogP contribution in [0.5, 0.6) is 11.5 Å². The molecule has 1 unspecified atom stereocenters. The summed E-state index contributed by atoms with van der Waals surface area (Å²) in [5, 5.41) is 4.98. The summed E-state index contributed by atoms with van der Waals surface area (Å²) in [6.45, 7) is 0. The van der Waals surface area contributed by atoms with Crippen LogP contribution in [0.3, 0.4) is 0 Å². The second kappa shape index (κ2) is 8.62. The van der Waals surface area contributed by atoms with Crippen molar-refractivity contribution in [2.24, 2.45) is 0 Å². The molecule has 0 saturated heterocycles. The first-order chi connectivity index (χ1) is 22.8. The maximum atomic E-state index is 6.55. The van der Waals surface area contributed by atoms with E-state index in [2.05, 4.69) is 158 Å². The summed E-state index contributed by atoms with van der Waals surface area (Å²) in [6.07, 6.45) is 0. The monoisotopic (exact) mass is 582 g/mol. The quantitative estimate of drug-likeness (QED) is 0.187. The average molecular weight is 583 g/mol. The van der Waals surface area contributed by atoms with Gasteiger partial charge in [0.2, 0.25) is 0 Å². The second-order valence-electron chi connectivity index (χ2n) is 12.8. The van der Waals surface area contributed by atoms with Gasteiger partial charge in [0, 0.05) is 10.9 Å². The van der Waals surface area contributed by atoms with Crippen LogP contribution in [0.2, 0.25) is 0 Å². The molecular weight excluding hydrogens is 556 g/mol. The van der Waals surface area contributed by atoms with Crippen molar-refractivity contribution < 1.29 is 4.74 Å². The van der Waals surface area contributed by atoms with Gasteiger partial charge in [-0.2, -0.15) is 0 Å². The van der Waals surface area contributed by atoms with Crippen LogP contribution in [0, 0.1) is 0 Å². The molecule has 0 amide bonds. The van der Waals surface area contributed by atoms with E-state index >= 15 is 0 Å². The smallest absolute Gasteiger partial charge is 0.135 e. The molecule has 0 saturated carbocycles. The highest BCUT2D eigenvalue weighted by Gasteiger charge is 2.52. The van der Waals surface area contributed by atoms with Crippen molar-refractivity contribution in [1.29, 1.82) is 0 Å². The van der Waals surface area contributed by atoms with E-state index in [0.29, 0.717) is 0 Å². The van der Waals surface area contributed by atoms with Gasteiger partial charge in [0.15, 0.2) is 0 Å². The van der Waals surface area contributed by atoms with Crippen LogP contribution >= 0.6 is 0 Å². The number of rotatable bonds is 1. The van der Waals surface area contributed by atoms with Crippen LogP contribution in [-0.4, -0.2) is 0 Å². The second-order valence-corrected chi connectivity index (χ2v) is 12.8. The Hall–Kier alpha value is -5.92. The standard InChI is InChI=1S/C45H26O/c1-2-13-30-27(10-1)22-25-39-43(30)33-15-4-6-19-37(33)45(39)36-18-5-3-14-32(36)35-26-29(23-24-38(35)45)31-16-9-21-41-44(31)34-17-7-11-28-12-8-20-40(46-41)42(28)34/h1-26H. The van der Waals surface area contributed by atoms with Gasteiger partial charge in [-0.3, -0.25) is 0 Å². The molecule has 1 aliphatic heterocycles. The molecule has 1 spiro atoms. The Morgan fingerprint density at radius 1 is 0.370 bits per heavy atom. The van der Waals surface area contributed by atoms with E-state index in [9.17, 15) is 0 Å². The highest BCUT2D eigenvalue weighted by molar-refractivity contribution is 6.09. The van der Waals surface area contributed by atoms with Crippen molar-refractivity contribution in [2.75, 3.05) is 0 Å². The first-order valence-corrected chi connectivity index (χ1v) is 16.0. The van der Waals surface area contributed by atoms with Crippen molar-refractivity contribution in [3.63, 3.8) is 0 Å². The SMILES string of the molecule is c1ccc2c(c1)-c1cc(-c3cccc4c3-c3cccc5cccc(c35)O4)ccc1C21c2ccccc2-c2c1ccc1ccccc21. The largest absolute Gasteiger partial charge is 0.456 e. The van der Waals surface area contributed by atoms with E-state index < -0.39 is 0 Å². The number of fused-ring (bicyclic) bond motifs is 14. The van der Waals surface area contributed by atoms with Gasteiger partial charge in [-0.1, -0.05) is 140 Å². The lowest BCUT2D eigenvalue weighted by atomic mass is 9.70. The third-order valence-electron chi connectivity index (χ3n) is 10.7. The molecule has 1 heteroatoms. The summed E-state index contributed by atoms with van der Waals surface area (Å²) >= 11 is 0. The van der Waals surface area contributed by atoms with Crippen molar-refractivity contribution >= 4 is 21.5 Å². The highest BCUT2D eigenvalue weighted by Crippen LogP contribution is 2.64. The van der Waals surface area contributed by atoms with E-state index in [1.165, 1.54) is 82.7 Å². The molecule has 3 aliphatic rings. The van der Waals surface area contributed by atoms with Crippen LogP contribution < -0.4 is 4.74 Å². The van der Waals surface area contributed by atoms with E-state index in [-0.39, 0.29) is 5.41 Å². The van der Waals surface area contributed by atoms with Crippen molar-refractivity contribution in [2.45, 2.75) is 5.41 Å². The normalized spacial score (nSPS) is 16.1. The topological polar surface area (TPSA) is 9.23 Å². The van der Waals surface area contributed by atoms with Gasteiger partial charge < -0.3 is 4.74 Å². The van der Waals surface area contributed by atoms with Gasteiger partial charge in [-0.05, 0) is 95.6 Å². The fourth-order valence-corrected chi connectivity index (χ4v) is 8.93. The van der Waals surface area contributed by atoms with E-state index in [1.54, 1.807) is 0 Å². The summed E-state index contributed by atoms with van der Waals surface area (Å²) in [5.41, 5.74) is 15.2. The zero-order chi connectivity index (χ0) is 30.0. The fourth-order valence-electron chi connectivity index (χ4n) is 8.93. The molecule has 0 fully saturated rings. The fraction of sp³-hybridized carbons (Fsp3) is 0.0222. The number of hydrogen-bond donors (Lipinski definition) is 0. The summed E-state index contributed by atoms with van der Waals surface area (Å²) < 4.78 is 6.55. The van der Waals surface area contributed by atoms with Gasteiger partial charge in [0.25, 0.3) is 0 Å². The van der Waals surface area contributed by atoms with E-state index in [4.69, 9.17) is 4.74 Å². The molecule has 0 aromatic heterocycles. The van der Waals surface area contributed by atoms with Crippen LogP contribution in [0.25, 0.3) is 66.1 Å². The van der Waals surface area contributed by atoms with Crippen LogP contribution in [0.15, 0.2) is 158 Å². The zero-order valence-corrected chi connectivity index (χ0v) is 24.9. The van der Waals surface area contributed by atoms with Crippen LogP contribution in [0.1, 0.15) is 22.3 Å². The van der Waals surface area contributed by atoms with Crippen molar-refractivity contribution in [1.82, 2.24) is 0 Å². The van der Waals surface area contributed by atoms with Gasteiger partial charge >= 0.3 is 0 Å². The molecule has 1 nitrogen and oxygen atoms in total. The third-order valence-corrected chi connectivity index (χ3v) is 10.7. The molecule has 1 atom stereocenters. The van der Waals surface area contributed by atoms with Crippen LogP contribution in [-0.2, 0) is 5.41 Å².